The van der Waals surface area contributed by atoms with Crippen LogP contribution in [0.15, 0.2) is 52.4 Å². The minimum atomic E-state index is 0.0460. The number of amides is 1. The summed E-state index contributed by atoms with van der Waals surface area (Å²) in [4.78, 5) is 22.3. The Bertz CT molecular complexity index is 1270. The van der Waals surface area contributed by atoms with E-state index in [1.807, 2.05) is 52.7 Å². The van der Waals surface area contributed by atoms with E-state index >= 15 is 0 Å². The molecule has 1 fully saturated rings. The predicted molar refractivity (Wildman–Crippen MR) is 130 cm³/mol. The van der Waals surface area contributed by atoms with Crippen molar-refractivity contribution in [1.82, 2.24) is 19.9 Å². The van der Waals surface area contributed by atoms with Gasteiger partial charge < -0.3 is 14.2 Å². The average molecular weight is 463 g/mol. The lowest BCUT2D eigenvalue weighted by atomic mass is 10.1. The number of rotatable bonds is 5. The number of thiazole rings is 1. The van der Waals surface area contributed by atoms with Crippen LogP contribution in [-0.4, -0.2) is 65.2 Å². The number of nitrogens with zero attached hydrogens (tertiary/aromatic N) is 4. The largest absolute Gasteiger partial charge is 0.497 e. The highest BCUT2D eigenvalue weighted by atomic mass is 32.1. The van der Waals surface area contributed by atoms with Crippen LogP contribution in [0.1, 0.15) is 24.2 Å². The molecule has 1 saturated heterocycles. The first-order valence-electron chi connectivity index (χ1n) is 11.1. The normalized spacial score (nSPS) is 14.8. The zero-order valence-corrected chi connectivity index (χ0v) is 19.8. The number of hydrogen-bond donors (Lipinski definition) is 0. The first-order chi connectivity index (χ1) is 16.0. The molecule has 1 aliphatic rings. The highest BCUT2D eigenvalue weighted by molar-refractivity contribution is 7.13. The van der Waals surface area contributed by atoms with Gasteiger partial charge in [-0.05, 0) is 56.3 Å². The standard InChI is InChI=1S/C25H26N4O3S/c1-16(2)28-10-12-29(13-11-28)25(30)18-6-9-22-20(14-18)23(27-32-22)21-15-33-24(26-21)17-4-7-19(31-3)8-5-17/h4-9,14-16H,10-13H2,1-3H3. The van der Waals surface area contributed by atoms with Crippen molar-refractivity contribution in [1.29, 1.82) is 0 Å². The van der Waals surface area contributed by atoms with Gasteiger partial charge in [0.15, 0.2) is 5.58 Å². The Labute approximate surface area is 196 Å². The first-order valence-corrected chi connectivity index (χ1v) is 11.9. The van der Waals surface area contributed by atoms with Gasteiger partial charge >= 0.3 is 0 Å². The molecule has 33 heavy (non-hydrogen) atoms. The molecule has 8 heteroatoms. The number of benzene rings is 2. The van der Waals surface area contributed by atoms with Gasteiger partial charge in [-0.25, -0.2) is 4.98 Å². The molecule has 4 aromatic rings. The molecule has 0 spiro atoms. The number of carbonyl (C=O) groups is 1. The quantitative estimate of drug-likeness (QED) is 0.425. The molecule has 7 nitrogen and oxygen atoms in total. The summed E-state index contributed by atoms with van der Waals surface area (Å²) in [6, 6.07) is 13.8. The molecule has 0 saturated carbocycles. The lowest BCUT2D eigenvalue weighted by Gasteiger charge is -2.36. The maximum absolute atomic E-state index is 13.2. The fourth-order valence-corrected chi connectivity index (χ4v) is 4.94. The third-order valence-electron chi connectivity index (χ3n) is 6.13. The van der Waals surface area contributed by atoms with Crippen molar-refractivity contribution in [3.63, 3.8) is 0 Å². The van der Waals surface area contributed by atoms with Crippen molar-refractivity contribution in [3.8, 4) is 27.7 Å². The van der Waals surface area contributed by atoms with Crippen LogP contribution in [0.25, 0.3) is 32.9 Å². The minimum absolute atomic E-state index is 0.0460. The van der Waals surface area contributed by atoms with E-state index in [4.69, 9.17) is 14.2 Å². The number of methoxy groups -OCH3 is 1. The maximum Gasteiger partial charge on any atom is 0.253 e. The van der Waals surface area contributed by atoms with Gasteiger partial charge in [0.2, 0.25) is 0 Å². The third kappa shape index (κ3) is 4.24. The van der Waals surface area contributed by atoms with Crippen LogP contribution in [0.5, 0.6) is 5.75 Å². The fraction of sp³-hybridized carbons (Fsp3) is 0.320. The van der Waals surface area contributed by atoms with Crippen LogP contribution in [0.4, 0.5) is 0 Å². The van der Waals surface area contributed by atoms with Crippen molar-refractivity contribution >= 4 is 28.2 Å². The first kappa shape index (κ1) is 21.6. The smallest absolute Gasteiger partial charge is 0.253 e. The second kappa shape index (κ2) is 8.96. The summed E-state index contributed by atoms with van der Waals surface area (Å²) in [7, 11) is 1.65. The Balaban J connectivity index is 1.40. The van der Waals surface area contributed by atoms with Gasteiger partial charge in [-0.15, -0.1) is 11.3 Å². The van der Waals surface area contributed by atoms with E-state index in [-0.39, 0.29) is 5.91 Å². The van der Waals surface area contributed by atoms with Crippen molar-refractivity contribution in [2.45, 2.75) is 19.9 Å². The van der Waals surface area contributed by atoms with Crippen LogP contribution in [0, 0.1) is 0 Å². The van der Waals surface area contributed by atoms with Gasteiger partial charge in [-0.2, -0.15) is 0 Å². The summed E-state index contributed by atoms with van der Waals surface area (Å²) < 4.78 is 10.8. The number of fused-ring (bicyclic) bond motifs is 1. The number of piperazine rings is 1. The average Bonchev–Trinajstić information content (AvgIpc) is 3.50. The van der Waals surface area contributed by atoms with E-state index in [9.17, 15) is 4.79 Å². The molecule has 0 unspecified atom stereocenters. The minimum Gasteiger partial charge on any atom is -0.497 e. The Kier molecular flexibility index (Phi) is 5.86. The SMILES string of the molecule is COc1ccc(-c2nc(-c3noc4ccc(C(=O)N5CCN(C(C)C)CC5)cc34)cs2)cc1. The molecule has 0 atom stereocenters. The molecule has 1 aliphatic heterocycles. The second-order valence-electron chi connectivity index (χ2n) is 8.43. The summed E-state index contributed by atoms with van der Waals surface area (Å²) in [5, 5.41) is 7.92. The van der Waals surface area contributed by atoms with Gasteiger partial charge in [0, 0.05) is 48.7 Å². The van der Waals surface area contributed by atoms with Crippen LogP contribution in [0.2, 0.25) is 0 Å². The molecule has 0 bridgehead atoms. The molecular weight excluding hydrogens is 436 g/mol. The molecule has 170 valence electrons. The number of carbonyl (C=O) groups excluding carboxylic acids is 1. The van der Waals surface area contributed by atoms with E-state index in [0.717, 1.165) is 53.6 Å². The van der Waals surface area contributed by atoms with Crippen molar-refractivity contribution < 1.29 is 14.1 Å². The monoisotopic (exact) mass is 462 g/mol. The summed E-state index contributed by atoms with van der Waals surface area (Å²) in [5.74, 6) is 0.852. The molecule has 1 amide bonds. The second-order valence-corrected chi connectivity index (χ2v) is 9.29. The molecular formula is C25H26N4O3S. The summed E-state index contributed by atoms with van der Waals surface area (Å²) >= 11 is 1.55. The van der Waals surface area contributed by atoms with Crippen LogP contribution in [0.3, 0.4) is 0 Å². The zero-order valence-electron chi connectivity index (χ0n) is 18.9. The lowest BCUT2D eigenvalue weighted by Crippen LogP contribution is -2.50. The molecule has 0 radical (unpaired) electrons. The summed E-state index contributed by atoms with van der Waals surface area (Å²) in [5.41, 5.74) is 3.69. The summed E-state index contributed by atoms with van der Waals surface area (Å²) in [6.45, 7) is 7.66. The topological polar surface area (TPSA) is 71.7 Å². The van der Waals surface area contributed by atoms with E-state index < -0.39 is 0 Å². The van der Waals surface area contributed by atoms with Crippen molar-refractivity contribution in [2.24, 2.45) is 0 Å². The Hall–Kier alpha value is -3.23. The van der Waals surface area contributed by atoms with Crippen LogP contribution < -0.4 is 4.74 Å². The van der Waals surface area contributed by atoms with Crippen LogP contribution >= 0.6 is 11.3 Å². The highest BCUT2D eigenvalue weighted by Gasteiger charge is 2.24. The third-order valence-corrected chi connectivity index (χ3v) is 7.02. The Morgan fingerprint density at radius 3 is 2.55 bits per heavy atom. The Morgan fingerprint density at radius 2 is 1.85 bits per heavy atom. The molecule has 5 rings (SSSR count). The van der Waals surface area contributed by atoms with E-state index in [1.165, 1.54) is 0 Å². The van der Waals surface area contributed by atoms with Gasteiger partial charge in [-0.3, -0.25) is 9.69 Å². The van der Waals surface area contributed by atoms with Gasteiger partial charge in [-0.1, -0.05) is 5.16 Å². The van der Waals surface area contributed by atoms with Gasteiger partial charge in [0.25, 0.3) is 5.91 Å². The zero-order chi connectivity index (χ0) is 22.9. The highest BCUT2D eigenvalue weighted by Crippen LogP contribution is 2.33. The van der Waals surface area contributed by atoms with E-state index in [1.54, 1.807) is 18.4 Å². The predicted octanol–water partition coefficient (Wildman–Crippen LogP) is 4.79. The van der Waals surface area contributed by atoms with Gasteiger partial charge in [0.1, 0.15) is 22.1 Å². The van der Waals surface area contributed by atoms with Crippen LogP contribution in [-0.2, 0) is 0 Å². The maximum atomic E-state index is 13.2. The van der Waals surface area contributed by atoms with Crippen molar-refractivity contribution in [2.75, 3.05) is 33.3 Å². The lowest BCUT2D eigenvalue weighted by molar-refractivity contribution is 0.0595. The molecule has 3 heterocycles. The molecule has 2 aromatic heterocycles. The molecule has 0 N–H and O–H groups in total. The van der Waals surface area contributed by atoms with E-state index in [0.29, 0.717) is 22.9 Å². The fourth-order valence-electron chi connectivity index (χ4n) is 4.13. The number of aromatic nitrogens is 2. The molecule has 0 aliphatic carbocycles. The number of ether oxygens (including phenoxy) is 1. The van der Waals surface area contributed by atoms with Gasteiger partial charge in [0.05, 0.1) is 12.5 Å². The number of hydrogen-bond acceptors (Lipinski definition) is 7. The molecule has 2 aromatic carbocycles. The van der Waals surface area contributed by atoms with E-state index in [2.05, 4.69) is 23.9 Å². The Morgan fingerprint density at radius 1 is 1.09 bits per heavy atom. The summed E-state index contributed by atoms with van der Waals surface area (Å²) in [6.07, 6.45) is 0. The van der Waals surface area contributed by atoms with Crippen molar-refractivity contribution in [3.05, 3.63) is 53.4 Å².